The summed E-state index contributed by atoms with van der Waals surface area (Å²) >= 11 is 0. The lowest BCUT2D eigenvalue weighted by Gasteiger charge is -2.31. The predicted molar refractivity (Wildman–Crippen MR) is 81.3 cm³/mol. The highest BCUT2D eigenvalue weighted by Crippen LogP contribution is 2.17. The van der Waals surface area contributed by atoms with E-state index in [4.69, 9.17) is 4.74 Å². The Kier molecular flexibility index (Phi) is 5.59. The Balaban J connectivity index is 1.92. The minimum atomic E-state index is 0.506. The third-order valence-electron chi connectivity index (χ3n) is 3.71. The van der Waals surface area contributed by atoms with Crippen LogP contribution >= 0.6 is 0 Å². The van der Waals surface area contributed by atoms with Gasteiger partial charge >= 0.3 is 0 Å². The van der Waals surface area contributed by atoms with Gasteiger partial charge in [-0.25, -0.2) is 4.98 Å². The fourth-order valence-corrected chi connectivity index (χ4v) is 2.47. The molecule has 0 saturated carbocycles. The SMILES string of the molecule is CCCNc1nc(C)cc(OCC2CCCCN2C)n1. The Bertz CT molecular complexity index is 424. The fourth-order valence-electron chi connectivity index (χ4n) is 2.47. The zero-order valence-electron chi connectivity index (χ0n) is 12.9. The molecule has 0 aromatic carbocycles. The summed E-state index contributed by atoms with van der Waals surface area (Å²) in [5.41, 5.74) is 0.936. The van der Waals surface area contributed by atoms with E-state index in [0.29, 0.717) is 24.5 Å². The van der Waals surface area contributed by atoms with E-state index in [1.165, 1.54) is 25.8 Å². The number of anilines is 1. The second-order valence-corrected chi connectivity index (χ2v) is 5.54. The molecule has 5 nitrogen and oxygen atoms in total. The van der Waals surface area contributed by atoms with Crippen LogP contribution in [0.25, 0.3) is 0 Å². The molecule has 1 unspecified atom stereocenters. The van der Waals surface area contributed by atoms with Crippen molar-refractivity contribution >= 4 is 5.95 Å². The zero-order chi connectivity index (χ0) is 14.4. The molecule has 0 bridgehead atoms. The van der Waals surface area contributed by atoms with Gasteiger partial charge in [0.1, 0.15) is 6.61 Å². The van der Waals surface area contributed by atoms with Crippen molar-refractivity contribution in [2.75, 3.05) is 32.1 Å². The second kappa shape index (κ2) is 7.43. The van der Waals surface area contributed by atoms with Gasteiger partial charge in [0.25, 0.3) is 0 Å². The lowest BCUT2D eigenvalue weighted by Crippen LogP contribution is -2.40. The Morgan fingerprint density at radius 2 is 2.25 bits per heavy atom. The van der Waals surface area contributed by atoms with Crippen molar-refractivity contribution in [3.8, 4) is 5.88 Å². The molecule has 1 saturated heterocycles. The van der Waals surface area contributed by atoms with E-state index in [2.05, 4.69) is 34.2 Å². The van der Waals surface area contributed by atoms with E-state index in [0.717, 1.165) is 18.7 Å². The van der Waals surface area contributed by atoms with Crippen LogP contribution in [0.5, 0.6) is 5.88 Å². The van der Waals surface area contributed by atoms with Gasteiger partial charge in [0.15, 0.2) is 0 Å². The first-order valence-electron chi connectivity index (χ1n) is 7.61. The minimum absolute atomic E-state index is 0.506. The number of hydrogen-bond acceptors (Lipinski definition) is 5. The first kappa shape index (κ1) is 15.0. The molecule has 1 atom stereocenters. The number of aryl methyl sites for hydroxylation is 1. The lowest BCUT2D eigenvalue weighted by molar-refractivity contribution is 0.122. The monoisotopic (exact) mass is 278 g/mol. The molecule has 5 heteroatoms. The van der Waals surface area contributed by atoms with E-state index in [1.54, 1.807) is 0 Å². The highest BCUT2D eigenvalue weighted by atomic mass is 16.5. The Labute approximate surface area is 121 Å². The van der Waals surface area contributed by atoms with E-state index in [9.17, 15) is 0 Å². The van der Waals surface area contributed by atoms with E-state index in [1.807, 2.05) is 13.0 Å². The molecule has 1 aromatic rings. The molecule has 1 N–H and O–H groups in total. The average molecular weight is 278 g/mol. The predicted octanol–water partition coefficient (Wildman–Crippen LogP) is 2.47. The van der Waals surface area contributed by atoms with Crippen LogP contribution < -0.4 is 10.1 Å². The second-order valence-electron chi connectivity index (χ2n) is 5.54. The lowest BCUT2D eigenvalue weighted by atomic mass is 10.0. The molecule has 20 heavy (non-hydrogen) atoms. The number of hydrogen-bond donors (Lipinski definition) is 1. The van der Waals surface area contributed by atoms with Crippen molar-refractivity contribution in [2.45, 2.75) is 45.6 Å². The van der Waals surface area contributed by atoms with E-state index < -0.39 is 0 Å². The van der Waals surface area contributed by atoms with Crippen molar-refractivity contribution in [1.82, 2.24) is 14.9 Å². The van der Waals surface area contributed by atoms with Crippen LogP contribution in [0.2, 0.25) is 0 Å². The van der Waals surface area contributed by atoms with Crippen LogP contribution in [0, 0.1) is 6.92 Å². The quantitative estimate of drug-likeness (QED) is 0.866. The van der Waals surface area contributed by atoms with Gasteiger partial charge in [0.2, 0.25) is 11.8 Å². The summed E-state index contributed by atoms with van der Waals surface area (Å²) in [4.78, 5) is 11.2. The molecule has 1 aromatic heterocycles. The number of nitrogens with zero attached hydrogens (tertiary/aromatic N) is 3. The summed E-state index contributed by atoms with van der Waals surface area (Å²) in [6.07, 6.45) is 4.86. The van der Waals surface area contributed by atoms with Crippen LogP contribution in [0.1, 0.15) is 38.3 Å². The largest absolute Gasteiger partial charge is 0.476 e. The summed E-state index contributed by atoms with van der Waals surface area (Å²) in [7, 11) is 2.17. The minimum Gasteiger partial charge on any atom is -0.476 e. The van der Waals surface area contributed by atoms with Crippen LogP contribution in [0.4, 0.5) is 5.95 Å². The fraction of sp³-hybridized carbons (Fsp3) is 0.733. The molecule has 0 spiro atoms. The summed E-state index contributed by atoms with van der Waals surface area (Å²) in [6, 6.07) is 2.41. The van der Waals surface area contributed by atoms with Crippen molar-refractivity contribution in [3.05, 3.63) is 11.8 Å². The van der Waals surface area contributed by atoms with Gasteiger partial charge in [-0.2, -0.15) is 4.98 Å². The maximum atomic E-state index is 5.88. The molecular formula is C15H26N4O. The smallest absolute Gasteiger partial charge is 0.226 e. The molecule has 0 radical (unpaired) electrons. The number of piperidine rings is 1. The average Bonchev–Trinajstić information content (AvgIpc) is 2.44. The van der Waals surface area contributed by atoms with Gasteiger partial charge in [0.05, 0.1) is 0 Å². The Hall–Kier alpha value is -1.36. The molecule has 1 fully saturated rings. The molecular weight excluding hydrogens is 252 g/mol. The van der Waals surface area contributed by atoms with Crippen LogP contribution in [0.3, 0.4) is 0 Å². The first-order valence-corrected chi connectivity index (χ1v) is 7.61. The molecule has 2 rings (SSSR count). The topological polar surface area (TPSA) is 50.3 Å². The van der Waals surface area contributed by atoms with E-state index >= 15 is 0 Å². The Morgan fingerprint density at radius 3 is 3.00 bits per heavy atom. The standard InChI is InChI=1S/C15H26N4O/c1-4-8-16-15-17-12(2)10-14(18-15)20-11-13-7-5-6-9-19(13)3/h10,13H,4-9,11H2,1-3H3,(H,16,17,18). The maximum absolute atomic E-state index is 5.88. The number of rotatable bonds is 6. The number of likely N-dealkylation sites (tertiary alicyclic amines) is 1. The van der Waals surface area contributed by atoms with Gasteiger partial charge in [-0.15, -0.1) is 0 Å². The third kappa shape index (κ3) is 4.34. The maximum Gasteiger partial charge on any atom is 0.226 e. The summed E-state index contributed by atoms with van der Waals surface area (Å²) in [5.74, 6) is 1.34. The number of likely N-dealkylation sites (N-methyl/N-ethyl adjacent to an activating group) is 1. The molecule has 0 aliphatic carbocycles. The summed E-state index contributed by atoms with van der Waals surface area (Å²) < 4.78 is 5.88. The van der Waals surface area contributed by atoms with Gasteiger partial charge in [-0.3, -0.25) is 0 Å². The summed E-state index contributed by atoms with van der Waals surface area (Å²) in [5, 5.41) is 3.21. The van der Waals surface area contributed by atoms with Gasteiger partial charge in [-0.05, 0) is 39.8 Å². The number of aromatic nitrogens is 2. The van der Waals surface area contributed by atoms with Crippen molar-refractivity contribution < 1.29 is 4.74 Å². The molecule has 2 heterocycles. The molecule has 0 amide bonds. The molecule has 112 valence electrons. The number of nitrogens with one attached hydrogen (secondary N) is 1. The van der Waals surface area contributed by atoms with Gasteiger partial charge in [0, 0.05) is 24.3 Å². The van der Waals surface area contributed by atoms with Crippen LogP contribution in [0.15, 0.2) is 6.07 Å². The third-order valence-corrected chi connectivity index (χ3v) is 3.71. The molecule has 1 aliphatic heterocycles. The number of ether oxygens (including phenoxy) is 1. The first-order chi connectivity index (χ1) is 9.69. The molecule has 1 aliphatic rings. The van der Waals surface area contributed by atoms with Crippen molar-refractivity contribution in [3.63, 3.8) is 0 Å². The Morgan fingerprint density at radius 1 is 1.40 bits per heavy atom. The van der Waals surface area contributed by atoms with Crippen molar-refractivity contribution in [2.24, 2.45) is 0 Å². The van der Waals surface area contributed by atoms with E-state index in [-0.39, 0.29) is 0 Å². The zero-order valence-corrected chi connectivity index (χ0v) is 12.9. The van der Waals surface area contributed by atoms with Gasteiger partial charge < -0.3 is 15.0 Å². The van der Waals surface area contributed by atoms with Gasteiger partial charge in [-0.1, -0.05) is 13.3 Å². The van der Waals surface area contributed by atoms with Crippen molar-refractivity contribution in [1.29, 1.82) is 0 Å². The normalized spacial score (nSPS) is 19.9. The van der Waals surface area contributed by atoms with Crippen LogP contribution in [-0.4, -0.2) is 47.7 Å². The van der Waals surface area contributed by atoms with Crippen LogP contribution in [-0.2, 0) is 0 Å². The highest BCUT2D eigenvalue weighted by molar-refractivity contribution is 5.30. The highest BCUT2D eigenvalue weighted by Gasteiger charge is 2.19. The summed E-state index contributed by atoms with van der Waals surface area (Å²) in [6.45, 7) is 6.85.